The second kappa shape index (κ2) is 12.0. The third kappa shape index (κ3) is 5.82. The summed E-state index contributed by atoms with van der Waals surface area (Å²) in [5.41, 5.74) is 2.60. The van der Waals surface area contributed by atoms with Crippen molar-refractivity contribution in [1.82, 2.24) is 15.0 Å². The average Bonchev–Trinajstić information content (AvgIpc) is 3.61. The van der Waals surface area contributed by atoms with Gasteiger partial charge in [-0.3, -0.25) is 9.78 Å². The summed E-state index contributed by atoms with van der Waals surface area (Å²) < 4.78 is 22.2. The molecule has 0 amide bonds. The van der Waals surface area contributed by atoms with Crippen LogP contribution in [0.5, 0.6) is 11.5 Å². The van der Waals surface area contributed by atoms with Gasteiger partial charge >= 0.3 is 0 Å². The first-order valence-corrected chi connectivity index (χ1v) is 13.5. The lowest BCUT2D eigenvalue weighted by Gasteiger charge is -2.19. The van der Waals surface area contributed by atoms with Gasteiger partial charge in [-0.2, -0.15) is 0 Å². The Morgan fingerprint density at radius 1 is 1.13 bits per heavy atom. The monoisotopic (exact) mass is 572 g/mol. The molecular weight excluding hydrogens is 543 g/mol. The minimum atomic E-state index is -0.0906. The van der Waals surface area contributed by atoms with E-state index in [1.807, 2.05) is 6.07 Å². The number of halogens is 2. The van der Waals surface area contributed by atoms with E-state index in [9.17, 15) is 4.79 Å². The zero-order valence-electron chi connectivity index (χ0n) is 21.8. The lowest BCUT2D eigenvalue weighted by Crippen LogP contribution is -2.30. The number of pyridine rings is 1. The number of anilines is 1. The number of nitrogens with one attached hydrogen (secondary N) is 1. The Labute approximate surface area is 236 Å². The van der Waals surface area contributed by atoms with Crippen molar-refractivity contribution in [3.05, 3.63) is 46.7 Å². The molecule has 206 valence electrons. The number of ether oxygens (including phenoxy) is 4. The molecule has 1 aromatic carbocycles. The summed E-state index contributed by atoms with van der Waals surface area (Å²) in [6.07, 6.45) is 5.07. The Morgan fingerprint density at radius 3 is 2.56 bits per heavy atom. The van der Waals surface area contributed by atoms with Crippen LogP contribution >= 0.6 is 23.2 Å². The van der Waals surface area contributed by atoms with Crippen LogP contribution in [-0.4, -0.2) is 67.4 Å². The van der Waals surface area contributed by atoms with Crippen molar-refractivity contribution >= 4 is 45.8 Å². The van der Waals surface area contributed by atoms with Gasteiger partial charge in [0.05, 0.1) is 60.4 Å². The van der Waals surface area contributed by atoms with E-state index in [0.29, 0.717) is 77.3 Å². The maximum atomic E-state index is 11.9. The fourth-order valence-electron chi connectivity index (χ4n) is 5.04. The Morgan fingerprint density at radius 2 is 1.90 bits per heavy atom. The molecule has 39 heavy (non-hydrogen) atoms. The lowest BCUT2D eigenvalue weighted by molar-refractivity contribution is -0.115. The van der Waals surface area contributed by atoms with E-state index >= 15 is 0 Å². The summed E-state index contributed by atoms with van der Waals surface area (Å²) in [5.74, 6) is 1.62. The standard InChI is InChI=1S/C28H30Cl2N4O5/c1-4-18(35)8-17-13-39-14-21(17)33-28-31-11-16-9-19(24-25(29)22(36-2)10-23(37-3)26(24)30)32-20(27(16)34-28)7-15-5-6-38-12-15/h4,9-11,15,17,21H,1,5-8,12-14H2,2-3H3,(H,31,33,34)/t15?,17-,21+/m0/s1. The quantitative estimate of drug-likeness (QED) is 0.329. The van der Waals surface area contributed by atoms with Crippen LogP contribution in [0.25, 0.3) is 22.2 Å². The van der Waals surface area contributed by atoms with Gasteiger partial charge in [0.1, 0.15) is 11.5 Å². The van der Waals surface area contributed by atoms with Crippen molar-refractivity contribution in [1.29, 1.82) is 0 Å². The number of carbonyl (C=O) groups excluding carboxylic acids is 1. The first kappa shape index (κ1) is 27.6. The van der Waals surface area contributed by atoms with Gasteiger partial charge < -0.3 is 24.3 Å². The molecule has 2 saturated heterocycles. The second-order valence-corrected chi connectivity index (χ2v) is 10.5. The van der Waals surface area contributed by atoms with Crippen LogP contribution in [0.3, 0.4) is 0 Å². The van der Waals surface area contributed by atoms with Crippen molar-refractivity contribution in [2.75, 3.05) is 46.0 Å². The minimum absolute atomic E-state index is 0.0118. The number of fused-ring (bicyclic) bond motifs is 1. The molecule has 0 spiro atoms. The number of aromatic nitrogens is 3. The molecule has 1 N–H and O–H groups in total. The molecule has 5 rings (SSSR count). The highest BCUT2D eigenvalue weighted by atomic mass is 35.5. The highest BCUT2D eigenvalue weighted by Gasteiger charge is 2.30. The fourth-order valence-corrected chi connectivity index (χ4v) is 5.74. The Kier molecular flexibility index (Phi) is 8.52. The Hall–Kier alpha value is -2.98. The molecule has 0 radical (unpaired) electrons. The predicted octanol–water partition coefficient (Wildman–Crippen LogP) is 5.17. The molecule has 2 aliphatic heterocycles. The molecule has 0 bridgehead atoms. The molecule has 9 nitrogen and oxygen atoms in total. The van der Waals surface area contributed by atoms with Gasteiger partial charge in [-0.15, -0.1) is 0 Å². The number of hydrogen-bond donors (Lipinski definition) is 1. The number of nitrogens with zero attached hydrogens (tertiary/aromatic N) is 3. The molecule has 4 heterocycles. The third-order valence-electron chi connectivity index (χ3n) is 7.18. The smallest absolute Gasteiger partial charge is 0.223 e. The summed E-state index contributed by atoms with van der Waals surface area (Å²) in [4.78, 5) is 26.4. The van der Waals surface area contributed by atoms with Crippen molar-refractivity contribution < 1.29 is 23.7 Å². The van der Waals surface area contributed by atoms with Gasteiger partial charge in [-0.05, 0) is 30.9 Å². The van der Waals surface area contributed by atoms with Gasteiger partial charge in [0.2, 0.25) is 5.95 Å². The highest BCUT2D eigenvalue weighted by molar-refractivity contribution is 6.41. The summed E-state index contributed by atoms with van der Waals surface area (Å²) >= 11 is 13.4. The molecule has 2 fully saturated rings. The van der Waals surface area contributed by atoms with Crippen LogP contribution in [-0.2, 0) is 20.7 Å². The van der Waals surface area contributed by atoms with Gasteiger partial charge in [0, 0.05) is 48.8 Å². The van der Waals surface area contributed by atoms with Gasteiger partial charge in [0.25, 0.3) is 0 Å². The third-order valence-corrected chi connectivity index (χ3v) is 7.93. The number of methoxy groups -OCH3 is 2. The fraction of sp³-hybridized carbons (Fsp3) is 0.429. The molecule has 3 atom stereocenters. The SMILES string of the molecule is C=CC(=O)C[C@H]1COC[C@H]1Nc1ncc2cc(-c3c(Cl)c(OC)cc(OC)c3Cl)nc(CC3CCOC3)c2n1. The Balaban J connectivity index is 1.56. The number of ketones is 1. The number of benzene rings is 1. The van der Waals surface area contributed by atoms with Crippen molar-refractivity contribution in [2.24, 2.45) is 11.8 Å². The number of hydrogen-bond acceptors (Lipinski definition) is 9. The molecule has 1 unspecified atom stereocenters. The zero-order chi connectivity index (χ0) is 27.5. The van der Waals surface area contributed by atoms with Crippen molar-refractivity contribution in [3.63, 3.8) is 0 Å². The summed E-state index contributed by atoms with van der Waals surface area (Å²) in [6, 6.07) is 3.42. The molecule has 3 aromatic rings. The second-order valence-electron chi connectivity index (χ2n) is 9.73. The van der Waals surface area contributed by atoms with E-state index in [4.69, 9.17) is 52.1 Å². The largest absolute Gasteiger partial charge is 0.495 e. The number of rotatable bonds is 10. The van der Waals surface area contributed by atoms with Crippen molar-refractivity contribution in [2.45, 2.75) is 25.3 Å². The zero-order valence-corrected chi connectivity index (χ0v) is 23.3. The van der Waals surface area contributed by atoms with Crippen LogP contribution in [0.2, 0.25) is 10.0 Å². The number of carbonyl (C=O) groups is 1. The number of allylic oxidation sites excluding steroid dienone is 1. The first-order valence-electron chi connectivity index (χ1n) is 12.8. The van der Waals surface area contributed by atoms with E-state index in [-0.39, 0.29) is 17.7 Å². The van der Waals surface area contributed by atoms with Crippen LogP contribution < -0.4 is 14.8 Å². The van der Waals surface area contributed by atoms with E-state index in [1.54, 1.807) is 12.3 Å². The molecule has 2 aromatic heterocycles. The van der Waals surface area contributed by atoms with Gasteiger partial charge in [0.15, 0.2) is 5.78 Å². The molecule has 11 heteroatoms. The topological polar surface area (TPSA) is 105 Å². The maximum Gasteiger partial charge on any atom is 0.223 e. The van der Waals surface area contributed by atoms with E-state index in [1.165, 1.54) is 20.3 Å². The van der Waals surface area contributed by atoms with Crippen LogP contribution in [0.1, 0.15) is 18.5 Å². The molecule has 2 aliphatic rings. The normalized spacial score (nSPS) is 20.8. The average molecular weight is 573 g/mol. The van der Waals surface area contributed by atoms with Crippen LogP contribution in [0, 0.1) is 11.8 Å². The molecule has 0 aliphatic carbocycles. The maximum absolute atomic E-state index is 11.9. The van der Waals surface area contributed by atoms with E-state index in [2.05, 4.69) is 16.9 Å². The van der Waals surface area contributed by atoms with Crippen molar-refractivity contribution in [3.8, 4) is 22.8 Å². The van der Waals surface area contributed by atoms with E-state index in [0.717, 1.165) is 29.6 Å². The lowest BCUT2D eigenvalue weighted by atomic mass is 9.97. The summed E-state index contributed by atoms with van der Waals surface area (Å²) in [7, 11) is 3.07. The highest BCUT2D eigenvalue weighted by Crippen LogP contribution is 2.46. The van der Waals surface area contributed by atoms with Gasteiger partial charge in [-0.1, -0.05) is 29.8 Å². The Bertz CT molecular complexity index is 1370. The summed E-state index contributed by atoms with van der Waals surface area (Å²) in [5, 5.41) is 4.83. The van der Waals surface area contributed by atoms with E-state index < -0.39 is 0 Å². The predicted molar refractivity (Wildman–Crippen MR) is 150 cm³/mol. The molecular formula is C28H30Cl2N4O5. The minimum Gasteiger partial charge on any atom is -0.495 e. The van der Waals surface area contributed by atoms with Crippen LogP contribution in [0.15, 0.2) is 31.0 Å². The van der Waals surface area contributed by atoms with Gasteiger partial charge in [-0.25, -0.2) is 9.97 Å². The first-order chi connectivity index (χ1) is 18.9. The summed E-state index contributed by atoms with van der Waals surface area (Å²) in [6.45, 7) is 5.92. The van der Waals surface area contributed by atoms with Crippen LogP contribution in [0.4, 0.5) is 5.95 Å². The molecule has 0 saturated carbocycles.